The van der Waals surface area contributed by atoms with E-state index in [1.54, 1.807) is 12.1 Å². The highest BCUT2D eigenvalue weighted by molar-refractivity contribution is 6.02. The first-order chi connectivity index (χ1) is 8.27. The third-order valence-electron chi connectivity index (χ3n) is 1.89. The summed E-state index contributed by atoms with van der Waals surface area (Å²) in [5, 5.41) is 2.58. The largest absolute Gasteiger partial charge is 0.465 e. The van der Waals surface area contributed by atoms with E-state index >= 15 is 0 Å². The summed E-state index contributed by atoms with van der Waals surface area (Å²) >= 11 is 0. The van der Waals surface area contributed by atoms with Crippen molar-refractivity contribution in [2.45, 2.75) is 26.7 Å². The predicted octanol–water partition coefficient (Wildman–Crippen LogP) is 2.20. The van der Waals surface area contributed by atoms with Crippen LogP contribution in [0.2, 0.25) is 0 Å². The Balaban J connectivity index is 2.56. The van der Waals surface area contributed by atoms with E-state index in [0.717, 1.165) is 12.8 Å². The number of hydrogen-bond donors (Lipinski definition) is 1. The van der Waals surface area contributed by atoms with Crippen LogP contribution in [0.25, 0.3) is 0 Å². The number of furan rings is 1. The van der Waals surface area contributed by atoms with E-state index in [0.29, 0.717) is 13.2 Å². The predicted molar refractivity (Wildman–Crippen MR) is 65.0 cm³/mol. The summed E-state index contributed by atoms with van der Waals surface area (Å²) in [6, 6.07) is 3.51. The number of hydrogen-bond acceptors (Lipinski definition) is 4. The van der Waals surface area contributed by atoms with E-state index in [4.69, 9.17) is 9.15 Å². The highest BCUT2D eigenvalue weighted by Crippen LogP contribution is 1.99. The van der Waals surface area contributed by atoms with Crippen LogP contribution in [0.15, 0.2) is 27.8 Å². The maximum absolute atomic E-state index is 11.7. The van der Waals surface area contributed by atoms with Gasteiger partial charge in [0.1, 0.15) is 0 Å². The number of nitrogens with one attached hydrogen (secondary N) is 1. The number of aliphatic imine (C=N–C) groups is 1. The fourth-order valence-electron chi connectivity index (χ4n) is 1.10. The summed E-state index contributed by atoms with van der Waals surface area (Å²) in [4.78, 5) is 15.8. The monoisotopic (exact) mass is 238 g/mol. The number of amidine groups is 1. The van der Waals surface area contributed by atoms with E-state index < -0.39 is 0 Å². The second kappa shape index (κ2) is 7.49. The molecule has 0 saturated heterocycles. The van der Waals surface area contributed by atoms with Crippen LogP contribution in [0.3, 0.4) is 0 Å². The Morgan fingerprint density at radius 1 is 1.47 bits per heavy atom. The first-order valence-electron chi connectivity index (χ1n) is 5.80. The van der Waals surface area contributed by atoms with E-state index in [2.05, 4.69) is 10.3 Å². The SMILES string of the molecule is CCCN=C(NC(=O)c1ccco1)OCCC. The number of ether oxygens (including phenoxy) is 1. The van der Waals surface area contributed by atoms with Crippen LogP contribution in [0.4, 0.5) is 0 Å². The maximum atomic E-state index is 11.7. The van der Waals surface area contributed by atoms with Gasteiger partial charge in [0.05, 0.1) is 12.9 Å². The molecule has 0 radical (unpaired) electrons. The van der Waals surface area contributed by atoms with Gasteiger partial charge in [-0.25, -0.2) is 4.99 Å². The van der Waals surface area contributed by atoms with Crippen LogP contribution in [0.5, 0.6) is 0 Å². The molecule has 1 amide bonds. The van der Waals surface area contributed by atoms with Gasteiger partial charge in [0, 0.05) is 6.54 Å². The van der Waals surface area contributed by atoms with Gasteiger partial charge in [-0.15, -0.1) is 0 Å². The summed E-state index contributed by atoms with van der Waals surface area (Å²) in [6.45, 7) is 5.15. The lowest BCUT2D eigenvalue weighted by Crippen LogP contribution is -2.32. The number of rotatable bonds is 5. The standard InChI is InChI=1S/C12H18N2O3/c1-3-7-13-12(17-8-4-2)14-11(15)10-6-5-9-16-10/h5-6,9H,3-4,7-8H2,1-2H3,(H,13,14,15). The lowest BCUT2D eigenvalue weighted by atomic mass is 10.4. The molecule has 94 valence electrons. The van der Waals surface area contributed by atoms with Gasteiger partial charge < -0.3 is 9.15 Å². The average Bonchev–Trinajstić information content (AvgIpc) is 2.86. The molecule has 0 aromatic carbocycles. The van der Waals surface area contributed by atoms with Crippen molar-refractivity contribution < 1.29 is 13.9 Å². The molecular weight excluding hydrogens is 220 g/mol. The Kier molecular flexibility index (Phi) is 5.85. The zero-order valence-corrected chi connectivity index (χ0v) is 10.2. The van der Waals surface area contributed by atoms with E-state index in [9.17, 15) is 4.79 Å². The highest BCUT2D eigenvalue weighted by atomic mass is 16.5. The molecule has 1 aromatic rings. The molecule has 1 aromatic heterocycles. The number of amides is 1. The zero-order valence-electron chi connectivity index (χ0n) is 10.2. The summed E-state index contributed by atoms with van der Waals surface area (Å²) in [7, 11) is 0. The van der Waals surface area contributed by atoms with Crippen molar-refractivity contribution in [3.63, 3.8) is 0 Å². The molecule has 0 atom stereocenters. The van der Waals surface area contributed by atoms with Gasteiger partial charge >= 0.3 is 0 Å². The van der Waals surface area contributed by atoms with E-state index in [1.807, 2.05) is 13.8 Å². The molecule has 1 N–H and O–H groups in total. The topological polar surface area (TPSA) is 63.8 Å². The van der Waals surface area contributed by atoms with Gasteiger partial charge in [-0.3, -0.25) is 10.1 Å². The molecule has 1 rings (SSSR count). The van der Waals surface area contributed by atoms with Crippen molar-refractivity contribution >= 4 is 11.9 Å². The minimum absolute atomic E-state index is 0.245. The Hall–Kier alpha value is -1.78. The van der Waals surface area contributed by atoms with Crippen molar-refractivity contribution in [3.8, 4) is 0 Å². The Labute approximate surface area is 101 Å². The molecule has 0 aliphatic heterocycles. The fraction of sp³-hybridized carbons (Fsp3) is 0.500. The van der Waals surface area contributed by atoms with Crippen molar-refractivity contribution in [3.05, 3.63) is 24.2 Å². The first kappa shape index (κ1) is 13.3. The Bertz CT molecular complexity index is 358. The Morgan fingerprint density at radius 2 is 2.29 bits per heavy atom. The lowest BCUT2D eigenvalue weighted by molar-refractivity contribution is 0.0938. The molecular formula is C12H18N2O3. The van der Waals surface area contributed by atoms with Crippen molar-refractivity contribution in [1.29, 1.82) is 0 Å². The van der Waals surface area contributed by atoms with Crippen LogP contribution in [0.1, 0.15) is 37.2 Å². The third kappa shape index (κ3) is 4.72. The van der Waals surface area contributed by atoms with Gasteiger partial charge in [-0.1, -0.05) is 13.8 Å². The molecule has 0 spiro atoms. The number of carbonyl (C=O) groups is 1. The van der Waals surface area contributed by atoms with Crippen molar-refractivity contribution in [2.24, 2.45) is 4.99 Å². The fourth-order valence-corrected chi connectivity index (χ4v) is 1.10. The molecule has 1 heterocycles. The molecule has 0 bridgehead atoms. The van der Waals surface area contributed by atoms with Crippen LogP contribution in [-0.2, 0) is 4.74 Å². The molecule has 5 nitrogen and oxygen atoms in total. The molecule has 5 heteroatoms. The minimum atomic E-state index is -0.346. The number of carbonyl (C=O) groups excluding carboxylic acids is 1. The van der Waals surface area contributed by atoms with Crippen molar-refractivity contribution in [1.82, 2.24) is 5.32 Å². The minimum Gasteiger partial charge on any atom is -0.465 e. The summed E-state index contributed by atoms with van der Waals surface area (Å²) in [6.07, 6.45) is 3.21. The summed E-state index contributed by atoms with van der Waals surface area (Å²) in [5.41, 5.74) is 0. The summed E-state index contributed by atoms with van der Waals surface area (Å²) < 4.78 is 10.3. The second-order valence-corrected chi connectivity index (χ2v) is 3.47. The highest BCUT2D eigenvalue weighted by Gasteiger charge is 2.11. The quantitative estimate of drug-likeness (QED) is 0.631. The van der Waals surface area contributed by atoms with Crippen molar-refractivity contribution in [2.75, 3.05) is 13.2 Å². The van der Waals surface area contributed by atoms with E-state index in [-0.39, 0.29) is 17.7 Å². The van der Waals surface area contributed by atoms with E-state index in [1.165, 1.54) is 6.26 Å². The van der Waals surface area contributed by atoms with Gasteiger partial charge in [0.15, 0.2) is 5.76 Å². The van der Waals surface area contributed by atoms with Crippen LogP contribution in [-0.4, -0.2) is 25.1 Å². The molecule has 17 heavy (non-hydrogen) atoms. The molecule has 0 unspecified atom stereocenters. The summed E-state index contributed by atoms with van der Waals surface area (Å²) in [5.74, 6) is -0.102. The van der Waals surface area contributed by atoms with Gasteiger partial charge in [0.2, 0.25) is 0 Å². The third-order valence-corrected chi connectivity index (χ3v) is 1.89. The normalized spacial score (nSPS) is 11.3. The number of nitrogens with zero attached hydrogens (tertiary/aromatic N) is 1. The second-order valence-electron chi connectivity index (χ2n) is 3.47. The van der Waals surface area contributed by atoms with Crippen LogP contribution < -0.4 is 5.32 Å². The zero-order chi connectivity index (χ0) is 12.5. The average molecular weight is 238 g/mol. The lowest BCUT2D eigenvalue weighted by Gasteiger charge is -2.08. The molecule has 0 fully saturated rings. The van der Waals surface area contributed by atoms with Crippen LogP contribution >= 0.6 is 0 Å². The Morgan fingerprint density at radius 3 is 2.88 bits per heavy atom. The van der Waals surface area contributed by atoms with Gasteiger partial charge in [-0.2, -0.15) is 0 Å². The van der Waals surface area contributed by atoms with Gasteiger partial charge in [0.25, 0.3) is 11.9 Å². The molecule has 0 aliphatic rings. The van der Waals surface area contributed by atoms with Crippen LogP contribution in [0, 0.1) is 0 Å². The smallest absolute Gasteiger partial charge is 0.294 e. The molecule has 0 saturated carbocycles. The van der Waals surface area contributed by atoms with Gasteiger partial charge in [-0.05, 0) is 25.0 Å². The maximum Gasteiger partial charge on any atom is 0.294 e. The molecule has 0 aliphatic carbocycles. The first-order valence-corrected chi connectivity index (χ1v) is 5.80.